The first-order valence-corrected chi connectivity index (χ1v) is 10.4. The van der Waals surface area contributed by atoms with E-state index in [0.29, 0.717) is 17.2 Å². The number of benzene rings is 2. The van der Waals surface area contributed by atoms with Crippen LogP contribution in [0.25, 0.3) is 28.2 Å². The molecule has 3 heterocycles. The number of aromatic nitrogens is 6. The summed E-state index contributed by atoms with van der Waals surface area (Å²) in [6.45, 7) is 4.12. The lowest BCUT2D eigenvalue weighted by Crippen LogP contribution is -2.25. The quantitative estimate of drug-likeness (QED) is 0.388. The van der Waals surface area contributed by atoms with E-state index in [1.807, 2.05) is 44.2 Å². The van der Waals surface area contributed by atoms with E-state index in [1.165, 1.54) is 15.5 Å². The van der Waals surface area contributed by atoms with Gasteiger partial charge in [0.15, 0.2) is 0 Å². The Kier molecular flexibility index (Phi) is 4.74. The van der Waals surface area contributed by atoms with Gasteiger partial charge in [-0.3, -0.25) is 4.79 Å². The summed E-state index contributed by atoms with van der Waals surface area (Å²) in [5.74, 6) is 0.733. The van der Waals surface area contributed by atoms with Gasteiger partial charge in [-0.25, -0.2) is 9.20 Å². The van der Waals surface area contributed by atoms with Gasteiger partial charge in [0.25, 0.3) is 5.56 Å². The van der Waals surface area contributed by atoms with Crippen LogP contribution in [0.1, 0.15) is 17.0 Å². The average molecular weight is 477 g/mol. The minimum absolute atomic E-state index is 0.0662. The van der Waals surface area contributed by atoms with E-state index in [4.69, 9.17) is 4.52 Å². The first kappa shape index (κ1) is 19.4. The summed E-state index contributed by atoms with van der Waals surface area (Å²) in [5, 5.41) is 12.8. The summed E-state index contributed by atoms with van der Waals surface area (Å²) in [5.41, 5.74) is 4.89. The average Bonchev–Trinajstić information content (AvgIpc) is 3.40. The van der Waals surface area contributed by atoms with Gasteiger partial charge in [-0.2, -0.15) is 15.2 Å². The lowest BCUT2D eigenvalue weighted by atomic mass is 10.0. The molecular formula is C22H17BrN6O2. The van der Waals surface area contributed by atoms with Crippen molar-refractivity contribution < 1.29 is 4.52 Å². The van der Waals surface area contributed by atoms with Crippen LogP contribution in [0.5, 0.6) is 0 Å². The fourth-order valence-corrected chi connectivity index (χ4v) is 3.86. The van der Waals surface area contributed by atoms with E-state index < -0.39 is 0 Å². The maximum Gasteiger partial charge on any atom is 0.293 e. The zero-order valence-corrected chi connectivity index (χ0v) is 18.4. The van der Waals surface area contributed by atoms with Crippen molar-refractivity contribution in [2.24, 2.45) is 0 Å². The Bertz CT molecular complexity index is 1480. The molecule has 0 amide bonds. The fraction of sp³-hybridized carbons (Fsp3) is 0.136. The maximum absolute atomic E-state index is 13.0. The molecule has 0 saturated heterocycles. The Balaban J connectivity index is 1.49. The molecule has 154 valence electrons. The highest BCUT2D eigenvalue weighted by atomic mass is 79.9. The molecule has 5 aromatic rings. The SMILES string of the molecule is Cc1ccc(C)c(-c2cc3c(=O)n(Cc4nc(-c5ccccc5Br)no4)ncn3n2)c1. The van der Waals surface area contributed by atoms with Crippen LogP contribution in [-0.2, 0) is 6.54 Å². The molecule has 5 rings (SSSR count). The van der Waals surface area contributed by atoms with Gasteiger partial charge >= 0.3 is 0 Å². The molecule has 0 unspecified atom stereocenters. The third kappa shape index (κ3) is 3.57. The molecular weight excluding hydrogens is 460 g/mol. The molecule has 2 aromatic carbocycles. The third-order valence-electron chi connectivity index (χ3n) is 5.03. The maximum atomic E-state index is 13.0. The summed E-state index contributed by atoms with van der Waals surface area (Å²) in [4.78, 5) is 17.4. The van der Waals surface area contributed by atoms with Gasteiger partial charge in [-0.1, -0.05) is 50.9 Å². The van der Waals surface area contributed by atoms with E-state index in [0.717, 1.165) is 32.4 Å². The molecule has 0 radical (unpaired) electrons. The zero-order chi connectivity index (χ0) is 21.5. The molecule has 0 atom stereocenters. The summed E-state index contributed by atoms with van der Waals surface area (Å²) >= 11 is 3.48. The van der Waals surface area contributed by atoms with Crippen molar-refractivity contribution in [1.29, 1.82) is 0 Å². The number of rotatable bonds is 4. The summed E-state index contributed by atoms with van der Waals surface area (Å²) in [7, 11) is 0. The fourth-order valence-electron chi connectivity index (χ4n) is 3.39. The number of hydrogen-bond acceptors (Lipinski definition) is 6. The van der Waals surface area contributed by atoms with Gasteiger partial charge in [0.05, 0.1) is 5.69 Å². The van der Waals surface area contributed by atoms with E-state index in [1.54, 1.807) is 6.07 Å². The number of aryl methyl sites for hydroxylation is 2. The van der Waals surface area contributed by atoms with Crippen molar-refractivity contribution in [2.75, 3.05) is 0 Å². The third-order valence-corrected chi connectivity index (χ3v) is 5.72. The summed E-state index contributed by atoms with van der Waals surface area (Å²) in [6, 6.07) is 15.5. The second-order valence-corrected chi connectivity index (χ2v) is 8.12. The van der Waals surface area contributed by atoms with Crippen LogP contribution in [0.2, 0.25) is 0 Å². The molecule has 0 fully saturated rings. The molecule has 0 aliphatic heterocycles. The predicted molar refractivity (Wildman–Crippen MR) is 119 cm³/mol. The van der Waals surface area contributed by atoms with Crippen molar-refractivity contribution in [3.05, 3.63) is 86.7 Å². The molecule has 8 nitrogen and oxygen atoms in total. The van der Waals surface area contributed by atoms with Crippen LogP contribution in [0, 0.1) is 13.8 Å². The Morgan fingerprint density at radius 1 is 1.06 bits per heavy atom. The highest BCUT2D eigenvalue weighted by molar-refractivity contribution is 9.10. The Morgan fingerprint density at radius 2 is 1.90 bits per heavy atom. The molecule has 0 saturated carbocycles. The number of fused-ring (bicyclic) bond motifs is 1. The minimum Gasteiger partial charge on any atom is -0.337 e. The smallest absolute Gasteiger partial charge is 0.293 e. The summed E-state index contributed by atoms with van der Waals surface area (Å²) < 4.78 is 8.99. The number of halogens is 1. The lowest BCUT2D eigenvalue weighted by molar-refractivity contribution is 0.362. The second-order valence-electron chi connectivity index (χ2n) is 7.26. The molecule has 9 heteroatoms. The van der Waals surface area contributed by atoms with E-state index in [-0.39, 0.29) is 12.1 Å². The monoisotopic (exact) mass is 476 g/mol. The Hall–Kier alpha value is -3.59. The standard InChI is InChI=1S/C22H17BrN6O2/c1-13-7-8-14(2)16(9-13)18-10-19-22(30)28(24-12-29(19)26-18)11-20-25-21(27-31-20)15-5-3-4-6-17(15)23/h3-10,12H,11H2,1-2H3. The van der Waals surface area contributed by atoms with Crippen LogP contribution in [0.4, 0.5) is 0 Å². The first-order valence-electron chi connectivity index (χ1n) is 9.60. The van der Waals surface area contributed by atoms with Gasteiger partial charge in [0.2, 0.25) is 11.7 Å². The van der Waals surface area contributed by atoms with Crippen molar-refractivity contribution >= 4 is 21.4 Å². The highest BCUT2D eigenvalue weighted by Gasteiger charge is 2.15. The van der Waals surface area contributed by atoms with Crippen LogP contribution < -0.4 is 5.56 Å². The topological polar surface area (TPSA) is 91.1 Å². The van der Waals surface area contributed by atoms with E-state index in [9.17, 15) is 4.79 Å². The van der Waals surface area contributed by atoms with E-state index >= 15 is 0 Å². The van der Waals surface area contributed by atoms with Gasteiger partial charge in [-0.15, -0.1) is 0 Å². The normalized spacial score (nSPS) is 11.3. The van der Waals surface area contributed by atoms with Crippen molar-refractivity contribution in [2.45, 2.75) is 20.4 Å². The van der Waals surface area contributed by atoms with Crippen LogP contribution in [0.15, 0.2) is 68.6 Å². The largest absolute Gasteiger partial charge is 0.337 e. The van der Waals surface area contributed by atoms with Gasteiger partial charge < -0.3 is 4.52 Å². The Labute approximate surface area is 185 Å². The number of nitrogens with zero attached hydrogens (tertiary/aromatic N) is 6. The first-order chi connectivity index (χ1) is 15.0. The van der Waals surface area contributed by atoms with Crippen LogP contribution >= 0.6 is 15.9 Å². The zero-order valence-electron chi connectivity index (χ0n) is 16.8. The molecule has 31 heavy (non-hydrogen) atoms. The van der Waals surface area contributed by atoms with Crippen molar-refractivity contribution in [3.8, 4) is 22.6 Å². The molecule has 3 aromatic heterocycles. The van der Waals surface area contributed by atoms with Gasteiger partial charge in [-0.05, 0) is 43.7 Å². The second kappa shape index (κ2) is 7.59. The van der Waals surface area contributed by atoms with Crippen molar-refractivity contribution in [1.82, 2.24) is 29.5 Å². The molecule has 0 aliphatic rings. The van der Waals surface area contributed by atoms with Gasteiger partial charge in [0, 0.05) is 15.6 Å². The molecule has 0 aliphatic carbocycles. The van der Waals surface area contributed by atoms with Crippen LogP contribution in [-0.4, -0.2) is 29.5 Å². The molecule has 0 spiro atoms. The summed E-state index contributed by atoms with van der Waals surface area (Å²) in [6.07, 6.45) is 1.51. The number of hydrogen-bond donors (Lipinski definition) is 0. The van der Waals surface area contributed by atoms with Gasteiger partial charge in [0.1, 0.15) is 18.4 Å². The molecule has 0 bridgehead atoms. The van der Waals surface area contributed by atoms with E-state index in [2.05, 4.69) is 48.4 Å². The highest BCUT2D eigenvalue weighted by Crippen LogP contribution is 2.26. The van der Waals surface area contributed by atoms with Crippen LogP contribution in [0.3, 0.4) is 0 Å². The Morgan fingerprint density at radius 3 is 2.74 bits per heavy atom. The van der Waals surface area contributed by atoms with Crippen molar-refractivity contribution in [3.63, 3.8) is 0 Å². The molecule has 0 N–H and O–H groups in total. The lowest BCUT2D eigenvalue weighted by Gasteiger charge is -2.03. The minimum atomic E-state index is -0.285. The predicted octanol–water partition coefficient (Wildman–Crippen LogP) is 4.04.